The fourth-order valence-electron chi connectivity index (χ4n) is 1.80. The molecule has 0 N–H and O–H groups in total. The summed E-state index contributed by atoms with van der Waals surface area (Å²) in [5, 5.41) is 0. The molecule has 0 aliphatic rings. The van der Waals surface area contributed by atoms with Gasteiger partial charge in [-0.25, -0.2) is 4.57 Å². The second-order valence-electron chi connectivity index (χ2n) is 4.23. The molecule has 0 unspecified atom stereocenters. The molecule has 1 aromatic rings. The molecule has 0 amide bonds. The Morgan fingerprint density at radius 1 is 1.13 bits per heavy atom. The molecule has 0 saturated heterocycles. The lowest BCUT2D eigenvalue weighted by Crippen LogP contribution is -2.00. The molecule has 1 rings (SSSR count). The predicted molar refractivity (Wildman–Crippen MR) is 62.9 cm³/mol. The van der Waals surface area contributed by atoms with Crippen molar-refractivity contribution in [2.24, 2.45) is 0 Å². The van der Waals surface area contributed by atoms with Crippen LogP contribution in [0.5, 0.6) is 5.75 Å². The fraction of sp³-hybridized carbons (Fsp3) is 0.500. The molecule has 1 aromatic carbocycles. The molecule has 0 spiro atoms. The molecule has 3 heteroatoms. The van der Waals surface area contributed by atoms with Gasteiger partial charge in [-0.15, -0.1) is 0 Å². The minimum Gasteiger partial charge on any atom is -0.407 e. The highest BCUT2D eigenvalue weighted by Crippen LogP contribution is 2.35. The van der Waals surface area contributed by atoms with Gasteiger partial charge in [0.25, 0.3) is 0 Å². The minimum absolute atomic E-state index is 0.290. The Bertz CT molecular complexity index is 345. The van der Waals surface area contributed by atoms with E-state index in [4.69, 9.17) is 4.52 Å². The van der Waals surface area contributed by atoms with Gasteiger partial charge in [0.1, 0.15) is 5.75 Å². The zero-order valence-corrected chi connectivity index (χ0v) is 10.5. The molecule has 0 aromatic heterocycles. The third-order valence-electron chi connectivity index (χ3n) is 2.43. The molecule has 0 bridgehead atoms. The van der Waals surface area contributed by atoms with Crippen molar-refractivity contribution in [2.45, 2.75) is 39.5 Å². The van der Waals surface area contributed by atoms with Gasteiger partial charge in [0.2, 0.25) is 0 Å². The number of benzene rings is 1. The van der Waals surface area contributed by atoms with E-state index in [1.54, 1.807) is 0 Å². The maximum absolute atomic E-state index is 10.5. The monoisotopic (exact) mass is 224 g/mol. The van der Waals surface area contributed by atoms with Gasteiger partial charge in [0.05, 0.1) is 0 Å². The van der Waals surface area contributed by atoms with Crippen molar-refractivity contribution in [1.29, 1.82) is 0 Å². The van der Waals surface area contributed by atoms with Crippen LogP contribution < -0.4 is 4.52 Å². The highest BCUT2D eigenvalue weighted by atomic mass is 31.1. The van der Waals surface area contributed by atoms with Gasteiger partial charge in [-0.05, 0) is 23.5 Å². The average molecular weight is 224 g/mol. The van der Waals surface area contributed by atoms with Crippen molar-refractivity contribution < 1.29 is 9.09 Å². The fourth-order valence-corrected chi connectivity index (χ4v) is 2.04. The van der Waals surface area contributed by atoms with E-state index in [0.29, 0.717) is 11.8 Å². The molecule has 0 radical (unpaired) electrons. The van der Waals surface area contributed by atoms with Crippen molar-refractivity contribution in [1.82, 2.24) is 0 Å². The van der Waals surface area contributed by atoms with Crippen LogP contribution in [0.25, 0.3) is 0 Å². The summed E-state index contributed by atoms with van der Waals surface area (Å²) in [7, 11) is -0.290. The lowest BCUT2D eigenvalue weighted by atomic mass is 9.90. The summed E-state index contributed by atoms with van der Waals surface area (Å²) in [6.45, 7) is 8.55. The van der Waals surface area contributed by atoms with Gasteiger partial charge in [-0.1, -0.05) is 39.8 Å². The summed E-state index contributed by atoms with van der Waals surface area (Å²) >= 11 is 0. The smallest absolute Gasteiger partial charge is 0.395 e. The minimum atomic E-state index is -0.290. The highest BCUT2D eigenvalue weighted by Gasteiger charge is 2.15. The lowest BCUT2D eigenvalue weighted by molar-refractivity contribution is 0.518. The second-order valence-corrected chi connectivity index (χ2v) is 4.57. The number of hydrogen-bond acceptors (Lipinski definition) is 2. The third-order valence-corrected chi connectivity index (χ3v) is 2.71. The average Bonchev–Trinajstić information content (AvgIpc) is 2.17. The van der Waals surface area contributed by atoms with Crippen molar-refractivity contribution >= 4 is 8.69 Å². The maximum atomic E-state index is 10.5. The molecule has 0 saturated carbocycles. The second kappa shape index (κ2) is 5.27. The van der Waals surface area contributed by atoms with Crippen LogP contribution in [0.4, 0.5) is 0 Å². The largest absolute Gasteiger partial charge is 0.407 e. The summed E-state index contributed by atoms with van der Waals surface area (Å²) in [6.07, 6.45) is 0. The maximum Gasteiger partial charge on any atom is 0.395 e. The topological polar surface area (TPSA) is 26.3 Å². The standard InChI is InChI=1S/C12H17O2P/c1-8(2)10-6-5-7-11(14-15-13)12(10)9(3)4/h5-9H,1-4H3. The van der Waals surface area contributed by atoms with Crippen LogP contribution in [0.2, 0.25) is 0 Å². The number of hydrogen-bond donors (Lipinski definition) is 0. The van der Waals surface area contributed by atoms with Gasteiger partial charge in [-0.3, -0.25) is 0 Å². The van der Waals surface area contributed by atoms with Gasteiger partial charge in [0.15, 0.2) is 0 Å². The molecular weight excluding hydrogens is 207 g/mol. The van der Waals surface area contributed by atoms with Crippen LogP contribution in [-0.4, -0.2) is 0 Å². The van der Waals surface area contributed by atoms with Crippen LogP contribution in [0.1, 0.15) is 50.7 Å². The Kier molecular flexibility index (Phi) is 4.28. The van der Waals surface area contributed by atoms with E-state index < -0.39 is 0 Å². The van der Waals surface area contributed by atoms with E-state index in [9.17, 15) is 4.57 Å². The Morgan fingerprint density at radius 3 is 2.27 bits per heavy atom. The number of rotatable bonds is 4. The third kappa shape index (κ3) is 2.79. The molecule has 0 atom stereocenters. The lowest BCUT2D eigenvalue weighted by Gasteiger charge is -2.18. The zero-order chi connectivity index (χ0) is 11.4. The normalized spacial score (nSPS) is 11.3. The quantitative estimate of drug-likeness (QED) is 0.703. The summed E-state index contributed by atoms with van der Waals surface area (Å²) < 4.78 is 15.6. The summed E-state index contributed by atoms with van der Waals surface area (Å²) in [5.41, 5.74) is 2.43. The molecule has 0 aliphatic carbocycles. The van der Waals surface area contributed by atoms with E-state index in [1.807, 2.05) is 12.1 Å². The van der Waals surface area contributed by atoms with Crippen LogP contribution in [-0.2, 0) is 4.57 Å². The molecule has 82 valence electrons. The first-order valence-corrected chi connectivity index (χ1v) is 5.93. The van der Waals surface area contributed by atoms with Crippen LogP contribution in [0.3, 0.4) is 0 Å². The molecule has 0 aliphatic heterocycles. The Balaban J connectivity index is 3.27. The SMILES string of the molecule is CC(C)c1cccc(OP=O)c1C(C)C. The van der Waals surface area contributed by atoms with E-state index in [0.717, 1.165) is 11.3 Å². The highest BCUT2D eigenvalue weighted by molar-refractivity contribution is 7.17. The molecule has 15 heavy (non-hydrogen) atoms. The molecule has 2 nitrogen and oxygen atoms in total. The first-order chi connectivity index (χ1) is 7.07. The first kappa shape index (κ1) is 12.2. The molecule has 0 heterocycles. The summed E-state index contributed by atoms with van der Waals surface area (Å²) in [4.78, 5) is 0. The Hall–Kier alpha value is -0.880. The van der Waals surface area contributed by atoms with E-state index in [1.165, 1.54) is 5.56 Å². The summed E-state index contributed by atoms with van der Waals surface area (Å²) in [6, 6.07) is 5.92. The van der Waals surface area contributed by atoms with Gasteiger partial charge in [-0.2, -0.15) is 0 Å². The Morgan fingerprint density at radius 2 is 1.80 bits per heavy atom. The van der Waals surface area contributed by atoms with Crippen molar-refractivity contribution in [3.05, 3.63) is 29.3 Å². The Labute approximate surface area is 92.9 Å². The zero-order valence-electron chi connectivity index (χ0n) is 9.65. The van der Waals surface area contributed by atoms with E-state index >= 15 is 0 Å². The van der Waals surface area contributed by atoms with Crippen molar-refractivity contribution in [3.8, 4) is 5.75 Å². The first-order valence-electron chi connectivity index (χ1n) is 5.20. The molecule has 0 fully saturated rings. The van der Waals surface area contributed by atoms with Gasteiger partial charge >= 0.3 is 8.69 Å². The van der Waals surface area contributed by atoms with Gasteiger partial charge < -0.3 is 4.52 Å². The molecular formula is C12H17O2P. The van der Waals surface area contributed by atoms with Crippen LogP contribution >= 0.6 is 8.69 Å². The predicted octanol–water partition coefficient (Wildman–Crippen LogP) is 4.52. The van der Waals surface area contributed by atoms with Crippen LogP contribution in [0.15, 0.2) is 18.2 Å². The van der Waals surface area contributed by atoms with Crippen molar-refractivity contribution in [3.63, 3.8) is 0 Å². The van der Waals surface area contributed by atoms with Gasteiger partial charge in [0, 0.05) is 5.56 Å². The summed E-state index contributed by atoms with van der Waals surface area (Å²) in [5.74, 6) is 1.56. The van der Waals surface area contributed by atoms with Crippen molar-refractivity contribution in [2.75, 3.05) is 0 Å². The van der Waals surface area contributed by atoms with E-state index in [2.05, 4.69) is 33.8 Å². The van der Waals surface area contributed by atoms with E-state index in [-0.39, 0.29) is 8.69 Å². The van der Waals surface area contributed by atoms with Crippen LogP contribution in [0, 0.1) is 0 Å².